The number of rotatable bonds is 4. The molecular formula is C22H20N2O. The summed E-state index contributed by atoms with van der Waals surface area (Å²) in [5.41, 5.74) is 6.89. The van der Waals surface area contributed by atoms with E-state index in [2.05, 4.69) is 41.7 Å². The molecule has 1 heterocycles. The normalized spacial score (nSPS) is 11.4. The minimum absolute atomic E-state index is 0.265. The van der Waals surface area contributed by atoms with E-state index in [1.165, 1.54) is 0 Å². The van der Waals surface area contributed by atoms with Crippen molar-refractivity contribution < 1.29 is 5.11 Å². The molecule has 0 amide bonds. The molecule has 3 rings (SSSR count). The van der Waals surface area contributed by atoms with Gasteiger partial charge in [0.15, 0.2) is 0 Å². The molecule has 0 radical (unpaired) electrons. The molecule has 0 aliphatic carbocycles. The van der Waals surface area contributed by atoms with Crippen LogP contribution in [-0.2, 0) is 0 Å². The molecule has 3 nitrogen and oxygen atoms in total. The second-order valence-corrected chi connectivity index (χ2v) is 5.96. The Morgan fingerprint density at radius 1 is 1.04 bits per heavy atom. The third kappa shape index (κ3) is 3.83. The summed E-state index contributed by atoms with van der Waals surface area (Å²) < 4.78 is 0. The molecule has 0 aliphatic heterocycles. The SMILES string of the molecule is C=C(/N=C(/C)c1cc(-c2ccc(O)cc2)ccc1C)c1cccnc1. The van der Waals surface area contributed by atoms with E-state index in [1.54, 1.807) is 24.5 Å². The van der Waals surface area contributed by atoms with Crippen LogP contribution in [0, 0.1) is 6.92 Å². The van der Waals surface area contributed by atoms with Crippen LogP contribution in [0.15, 0.2) is 78.6 Å². The molecule has 3 heteroatoms. The Kier molecular flexibility index (Phi) is 4.75. The van der Waals surface area contributed by atoms with Crippen LogP contribution in [0.2, 0.25) is 0 Å². The summed E-state index contributed by atoms with van der Waals surface area (Å²) in [4.78, 5) is 8.78. The molecule has 0 spiro atoms. The van der Waals surface area contributed by atoms with E-state index in [-0.39, 0.29) is 5.75 Å². The number of aliphatic imine (C=N–C) groups is 1. The van der Waals surface area contributed by atoms with Crippen molar-refractivity contribution in [3.8, 4) is 16.9 Å². The van der Waals surface area contributed by atoms with Crippen molar-refractivity contribution >= 4 is 11.4 Å². The van der Waals surface area contributed by atoms with Gasteiger partial charge in [0.2, 0.25) is 0 Å². The first kappa shape index (κ1) is 16.7. The lowest BCUT2D eigenvalue weighted by molar-refractivity contribution is 0.475. The van der Waals surface area contributed by atoms with Crippen LogP contribution in [0.5, 0.6) is 5.75 Å². The van der Waals surface area contributed by atoms with Crippen LogP contribution in [0.1, 0.15) is 23.6 Å². The fourth-order valence-corrected chi connectivity index (χ4v) is 2.71. The maximum atomic E-state index is 9.46. The number of hydrogen-bond acceptors (Lipinski definition) is 3. The van der Waals surface area contributed by atoms with Crippen LogP contribution >= 0.6 is 0 Å². The number of phenols is 1. The zero-order valence-electron chi connectivity index (χ0n) is 14.4. The van der Waals surface area contributed by atoms with Gasteiger partial charge in [-0.25, -0.2) is 0 Å². The minimum atomic E-state index is 0.265. The zero-order chi connectivity index (χ0) is 17.8. The van der Waals surface area contributed by atoms with Gasteiger partial charge in [0.05, 0.1) is 5.70 Å². The topological polar surface area (TPSA) is 45.5 Å². The lowest BCUT2D eigenvalue weighted by Crippen LogP contribution is -1.99. The molecule has 0 aliphatic rings. The van der Waals surface area contributed by atoms with Gasteiger partial charge in [-0.05, 0) is 66.4 Å². The molecule has 1 N–H and O–H groups in total. The predicted octanol–water partition coefficient (Wildman–Crippen LogP) is 5.24. The average Bonchev–Trinajstić information content (AvgIpc) is 2.63. The summed E-state index contributed by atoms with van der Waals surface area (Å²) in [7, 11) is 0. The zero-order valence-corrected chi connectivity index (χ0v) is 14.4. The lowest BCUT2D eigenvalue weighted by Gasteiger charge is -2.10. The molecular weight excluding hydrogens is 308 g/mol. The summed E-state index contributed by atoms with van der Waals surface area (Å²) in [6.45, 7) is 8.12. The second-order valence-electron chi connectivity index (χ2n) is 5.96. The Bertz CT molecular complexity index is 926. The van der Waals surface area contributed by atoms with E-state index < -0.39 is 0 Å². The third-order valence-corrected chi connectivity index (χ3v) is 4.13. The van der Waals surface area contributed by atoms with Crippen molar-refractivity contribution in [2.75, 3.05) is 0 Å². The molecule has 124 valence electrons. The summed E-state index contributed by atoms with van der Waals surface area (Å²) in [6, 6.07) is 17.3. The highest BCUT2D eigenvalue weighted by molar-refractivity contribution is 6.03. The monoisotopic (exact) mass is 328 g/mol. The van der Waals surface area contributed by atoms with Gasteiger partial charge >= 0.3 is 0 Å². The minimum Gasteiger partial charge on any atom is -0.508 e. The van der Waals surface area contributed by atoms with Crippen LogP contribution in [0.3, 0.4) is 0 Å². The fraction of sp³-hybridized carbons (Fsp3) is 0.0909. The van der Waals surface area contributed by atoms with Gasteiger partial charge in [-0.15, -0.1) is 0 Å². The molecule has 0 saturated heterocycles. The van der Waals surface area contributed by atoms with E-state index in [4.69, 9.17) is 0 Å². The van der Waals surface area contributed by atoms with E-state index >= 15 is 0 Å². The first-order chi connectivity index (χ1) is 12.0. The highest BCUT2D eigenvalue weighted by Gasteiger charge is 2.07. The third-order valence-electron chi connectivity index (χ3n) is 4.13. The smallest absolute Gasteiger partial charge is 0.115 e. The highest BCUT2D eigenvalue weighted by atomic mass is 16.3. The fourth-order valence-electron chi connectivity index (χ4n) is 2.71. The van der Waals surface area contributed by atoms with Gasteiger partial charge in [-0.1, -0.05) is 30.8 Å². The van der Waals surface area contributed by atoms with Crippen molar-refractivity contribution in [3.63, 3.8) is 0 Å². The van der Waals surface area contributed by atoms with Gasteiger partial charge in [-0.3, -0.25) is 9.98 Å². The number of phenolic OH excluding ortho intramolecular Hbond substituents is 1. The van der Waals surface area contributed by atoms with Crippen LogP contribution in [0.25, 0.3) is 16.8 Å². The molecule has 0 fully saturated rings. The maximum Gasteiger partial charge on any atom is 0.115 e. The van der Waals surface area contributed by atoms with E-state index in [0.717, 1.165) is 33.5 Å². The van der Waals surface area contributed by atoms with Crippen molar-refractivity contribution in [1.29, 1.82) is 0 Å². The Hall–Kier alpha value is -3.20. The van der Waals surface area contributed by atoms with Gasteiger partial charge < -0.3 is 5.11 Å². The number of aryl methyl sites for hydroxylation is 1. The molecule has 1 aromatic heterocycles. The Morgan fingerprint density at radius 2 is 1.76 bits per heavy atom. The first-order valence-electron chi connectivity index (χ1n) is 8.09. The summed E-state index contributed by atoms with van der Waals surface area (Å²) in [6.07, 6.45) is 3.50. The average molecular weight is 328 g/mol. The predicted molar refractivity (Wildman–Crippen MR) is 104 cm³/mol. The van der Waals surface area contributed by atoms with Crippen molar-refractivity contribution in [2.24, 2.45) is 4.99 Å². The van der Waals surface area contributed by atoms with Crippen LogP contribution < -0.4 is 0 Å². The van der Waals surface area contributed by atoms with Crippen molar-refractivity contribution in [1.82, 2.24) is 4.98 Å². The first-order valence-corrected chi connectivity index (χ1v) is 8.09. The summed E-state index contributed by atoms with van der Waals surface area (Å²) >= 11 is 0. The van der Waals surface area contributed by atoms with Crippen LogP contribution in [-0.4, -0.2) is 15.8 Å². The Labute approximate surface area is 148 Å². The van der Waals surface area contributed by atoms with Gasteiger partial charge in [0.1, 0.15) is 5.75 Å². The Balaban J connectivity index is 1.96. The second kappa shape index (κ2) is 7.14. The van der Waals surface area contributed by atoms with Crippen molar-refractivity contribution in [3.05, 3.63) is 90.3 Å². The quantitative estimate of drug-likeness (QED) is 0.665. The van der Waals surface area contributed by atoms with E-state index in [9.17, 15) is 5.11 Å². The van der Waals surface area contributed by atoms with E-state index in [1.807, 2.05) is 31.2 Å². The number of benzene rings is 2. The largest absolute Gasteiger partial charge is 0.508 e. The number of pyridine rings is 1. The number of aromatic nitrogens is 1. The molecule has 25 heavy (non-hydrogen) atoms. The molecule has 0 unspecified atom stereocenters. The van der Waals surface area contributed by atoms with Gasteiger partial charge in [0.25, 0.3) is 0 Å². The summed E-state index contributed by atoms with van der Waals surface area (Å²) in [5.74, 6) is 0.265. The standard InChI is InChI=1S/C22H20N2O/c1-15-6-7-19(18-8-10-21(25)11-9-18)13-22(15)17(3)24-16(2)20-5-4-12-23-14-20/h4-14,25H,2H2,1,3H3/b24-17-. The Morgan fingerprint density at radius 3 is 2.44 bits per heavy atom. The molecule has 0 saturated carbocycles. The number of aromatic hydroxyl groups is 1. The molecule has 2 aromatic carbocycles. The summed E-state index contributed by atoms with van der Waals surface area (Å²) in [5, 5.41) is 9.46. The molecule has 3 aromatic rings. The highest BCUT2D eigenvalue weighted by Crippen LogP contribution is 2.25. The van der Waals surface area contributed by atoms with Crippen molar-refractivity contribution in [2.45, 2.75) is 13.8 Å². The van der Waals surface area contributed by atoms with Gasteiger partial charge in [0, 0.05) is 23.7 Å². The number of hydrogen-bond donors (Lipinski definition) is 1. The molecule has 0 bridgehead atoms. The van der Waals surface area contributed by atoms with E-state index in [0.29, 0.717) is 5.70 Å². The van der Waals surface area contributed by atoms with Gasteiger partial charge in [-0.2, -0.15) is 0 Å². The van der Waals surface area contributed by atoms with Crippen LogP contribution in [0.4, 0.5) is 0 Å². The number of nitrogens with zero attached hydrogens (tertiary/aromatic N) is 2. The lowest BCUT2D eigenvalue weighted by atomic mass is 9.97. The maximum absolute atomic E-state index is 9.46. The molecule has 0 atom stereocenters.